The van der Waals surface area contributed by atoms with Crippen molar-refractivity contribution >= 4 is 21.5 Å². The van der Waals surface area contributed by atoms with E-state index in [4.69, 9.17) is 10.5 Å². The van der Waals surface area contributed by atoms with E-state index >= 15 is 0 Å². The van der Waals surface area contributed by atoms with Gasteiger partial charge in [-0.05, 0) is 30.7 Å². The van der Waals surface area contributed by atoms with Gasteiger partial charge in [0.25, 0.3) is 10.0 Å². The molecule has 0 fully saturated rings. The average molecular weight is 380 g/mol. The first-order valence-corrected chi connectivity index (χ1v) is 9.78. The van der Waals surface area contributed by atoms with E-state index in [2.05, 4.69) is 4.98 Å². The summed E-state index contributed by atoms with van der Waals surface area (Å²) in [7, 11) is -3.93. The van der Waals surface area contributed by atoms with Crippen molar-refractivity contribution in [1.82, 2.24) is 4.98 Å². The number of fused-ring (bicyclic) bond motifs is 2. The van der Waals surface area contributed by atoms with Crippen molar-refractivity contribution in [3.8, 4) is 6.07 Å². The van der Waals surface area contributed by atoms with Crippen LogP contribution in [0.15, 0.2) is 65.2 Å². The molecule has 0 bridgehead atoms. The maximum absolute atomic E-state index is 13.5. The fourth-order valence-corrected chi connectivity index (χ4v) is 5.46. The zero-order chi connectivity index (χ0) is 19.2. The summed E-state index contributed by atoms with van der Waals surface area (Å²) in [6, 6.07) is 12.5. The van der Waals surface area contributed by atoms with Gasteiger partial charge in [0.2, 0.25) is 5.88 Å². The van der Waals surface area contributed by atoms with Crippen LogP contribution in [0.3, 0.4) is 0 Å². The lowest BCUT2D eigenvalue weighted by Gasteiger charge is -2.37. The molecular weight excluding hydrogens is 364 g/mol. The summed E-state index contributed by atoms with van der Waals surface area (Å²) in [6.07, 6.45) is 3.12. The normalized spacial score (nSPS) is 20.4. The number of anilines is 1. The second-order valence-electron chi connectivity index (χ2n) is 6.09. The Hall–Kier alpha value is -3.31. The Morgan fingerprint density at radius 1 is 1.30 bits per heavy atom. The number of hydrogen-bond donors (Lipinski definition) is 1. The quantitative estimate of drug-likeness (QED) is 0.857. The number of para-hydroxylation sites is 1. The van der Waals surface area contributed by atoms with Crippen LogP contribution in [-0.2, 0) is 14.8 Å². The SMILES string of the molecule is CCN1c2ccccc2C2=C([C@H](c3cccnc3)C(C#N)=C(N)O2)S1(=O)=O. The molecule has 0 spiro atoms. The van der Waals surface area contributed by atoms with Crippen molar-refractivity contribution in [1.29, 1.82) is 5.26 Å². The summed E-state index contributed by atoms with van der Waals surface area (Å²) in [5, 5.41) is 9.65. The van der Waals surface area contributed by atoms with E-state index in [1.165, 1.54) is 10.5 Å². The van der Waals surface area contributed by atoms with Gasteiger partial charge in [0.1, 0.15) is 16.5 Å². The molecule has 1 aromatic carbocycles. The Morgan fingerprint density at radius 3 is 2.74 bits per heavy atom. The van der Waals surface area contributed by atoms with E-state index in [-0.39, 0.29) is 28.7 Å². The number of nitrogens with zero attached hydrogens (tertiary/aromatic N) is 3. The lowest BCUT2D eigenvalue weighted by Crippen LogP contribution is -2.39. The zero-order valence-electron chi connectivity index (χ0n) is 14.5. The van der Waals surface area contributed by atoms with Crippen LogP contribution < -0.4 is 10.0 Å². The van der Waals surface area contributed by atoms with Crippen LogP contribution in [0.25, 0.3) is 5.76 Å². The van der Waals surface area contributed by atoms with Gasteiger partial charge in [-0.15, -0.1) is 0 Å². The minimum absolute atomic E-state index is 0.0156. The Bertz CT molecular complexity index is 1130. The summed E-state index contributed by atoms with van der Waals surface area (Å²) in [4.78, 5) is 4.09. The second kappa shape index (κ2) is 6.14. The highest BCUT2D eigenvalue weighted by molar-refractivity contribution is 7.97. The third-order valence-corrected chi connectivity index (χ3v) is 6.68. The average Bonchev–Trinajstić information content (AvgIpc) is 2.68. The maximum atomic E-state index is 13.5. The topological polar surface area (TPSA) is 109 Å². The van der Waals surface area contributed by atoms with Gasteiger partial charge in [-0.25, -0.2) is 8.42 Å². The second-order valence-corrected chi connectivity index (χ2v) is 7.92. The molecular formula is C19H16N4O3S. The van der Waals surface area contributed by atoms with Crippen LogP contribution in [0.2, 0.25) is 0 Å². The van der Waals surface area contributed by atoms with Crippen LogP contribution >= 0.6 is 0 Å². The molecule has 0 radical (unpaired) electrons. The molecule has 27 heavy (non-hydrogen) atoms. The Morgan fingerprint density at radius 2 is 2.07 bits per heavy atom. The van der Waals surface area contributed by atoms with Gasteiger partial charge in [-0.2, -0.15) is 5.26 Å². The van der Waals surface area contributed by atoms with Gasteiger partial charge in [0.05, 0.1) is 11.6 Å². The van der Waals surface area contributed by atoms with Crippen molar-refractivity contribution in [2.24, 2.45) is 5.73 Å². The predicted octanol–water partition coefficient (Wildman–Crippen LogP) is 2.43. The molecule has 0 aliphatic carbocycles. The number of ether oxygens (including phenoxy) is 1. The maximum Gasteiger partial charge on any atom is 0.265 e. The number of nitriles is 1. The van der Waals surface area contributed by atoms with Gasteiger partial charge in [0, 0.05) is 24.5 Å². The molecule has 1 atom stereocenters. The van der Waals surface area contributed by atoms with E-state index < -0.39 is 15.9 Å². The van der Waals surface area contributed by atoms with Crippen LogP contribution in [0.4, 0.5) is 5.69 Å². The predicted molar refractivity (Wildman–Crippen MR) is 100 cm³/mol. The van der Waals surface area contributed by atoms with Crippen molar-refractivity contribution < 1.29 is 13.2 Å². The van der Waals surface area contributed by atoms with Gasteiger partial charge in [-0.1, -0.05) is 18.2 Å². The Balaban J connectivity index is 2.08. The van der Waals surface area contributed by atoms with Crippen LogP contribution in [-0.4, -0.2) is 19.9 Å². The molecule has 2 aliphatic rings. The van der Waals surface area contributed by atoms with E-state index in [1.807, 2.05) is 6.07 Å². The van der Waals surface area contributed by atoms with Crippen LogP contribution in [0.1, 0.15) is 24.0 Å². The fraction of sp³-hybridized carbons (Fsp3) is 0.158. The van der Waals surface area contributed by atoms with E-state index in [9.17, 15) is 13.7 Å². The molecule has 2 aliphatic heterocycles. The summed E-state index contributed by atoms with van der Waals surface area (Å²) in [5.74, 6) is -0.805. The van der Waals surface area contributed by atoms with Crippen molar-refractivity contribution in [2.45, 2.75) is 12.8 Å². The summed E-state index contributed by atoms with van der Waals surface area (Å²) in [6.45, 7) is 2.01. The summed E-state index contributed by atoms with van der Waals surface area (Å²) in [5.41, 5.74) is 7.78. The van der Waals surface area contributed by atoms with Crippen LogP contribution in [0, 0.1) is 11.3 Å². The summed E-state index contributed by atoms with van der Waals surface area (Å²) >= 11 is 0. The van der Waals surface area contributed by atoms with Gasteiger partial charge in [-0.3, -0.25) is 9.29 Å². The highest BCUT2D eigenvalue weighted by Crippen LogP contribution is 2.50. The Labute approximate surface area is 157 Å². The van der Waals surface area contributed by atoms with E-state index in [0.29, 0.717) is 16.8 Å². The minimum atomic E-state index is -3.93. The molecule has 136 valence electrons. The summed E-state index contributed by atoms with van der Waals surface area (Å²) < 4.78 is 34.0. The molecule has 0 amide bonds. The molecule has 1 aromatic heterocycles. The molecule has 0 saturated carbocycles. The van der Waals surface area contributed by atoms with Gasteiger partial charge >= 0.3 is 0 Å². The van der Waals surface area contributed by atoms with Crippen LogP contribution in [0.5, 0.6) is 0 Å². The first-order valence-electron chi connectivity index (χ1n) is 8.34. The smallest absolute Gasteiger partial charge is 0.265 e. The molecule has 2 N–H and O–H groups in total. The van der Waals surface area contributed by atoms with Gasteiger partial charge in [0.15, 0.2) is 5.76 Å². The first kappa shape index (κ1) is 17.1. The highest BCUT2D eigenvalue weighted by atomic mass is 32.2. The number of nitrogens with two attached hydrogens (primary N) is 1. The largest absolute Gasteiger partial charge is 0.439 e. The Kier molecular flexibility index (Phi) is 3.89. The highest BCUT2D eigenvalue weighted by Gasteiger charge is 2.46. The lowest BCUT2D eigenvalue weighted by molar-refractivity contribution is 0.357. The number of sulfonamides is 1. The van der Waals surface area contributed by atoms with E-state index in [0.717, 1.165) is 0 Å². The lowest BCUT2D eigenvalue weighted by atomic mass is 9.89. The third kappa shape index (κ3) is 2.39. The number of benzene rings is 1. The number of hydrogen-bond acceptors (Lipinski definition) is 6. The third-order valence-electron chi connectivity index (χ3n) is 4.66. The van der Waals surface area contributed by atoms with Crippen molar-refractivity contribution in [3.63, 3.8) is 0 Å². The number of aromatic nitrogens is 1. The molecule has 2 aromatic rings. The first-order chi connectivity index (χ1) is 13.0. The number of pyridine rings is 1. The van der Waals surface area contributed by atoms with Crippen molar-refractivity contribution in [3.05, 3.63) is 76.3 Å². The molecule has 0 saturated heterocycles. The fourth-order valence-electron chi connectivity index (χ4n) is 3.53. The monoisotopic (exact) mass is 380 g/mol. The number of rotatable bonds is 2. The molecule has 8 heteroatoms. The van der Waals surface area contributed by atoms with Crippen molar-refractivity contribution in [2.75, 3.05) is 10.8 Å². The van der Waals surface area contributed by atoms with E-state index in [1.54, 1.807) is 49.5 Å². The standard InChI is InChI=1S/C19H16N4O3S/c1-2-23-15-8-4-3-7-13(15)17-18(27(23,24)25)16(12-6-5-9-22-11-12)14(10-20)19(21)26-17/h3-9,11,16H,2,21H2,1H3/t16-/m1/s1. The zero-order valence-corrected chi connectivity index (χ0v) is 15.3. The van der Waals surface area contributed by atoms with Gasteiger partial charge < -0.3 is 10.5 Å². The molecule has 3 heterocycles. The number of allylic oxidation sites excluding steroid dienone is 2. The molecule has 7 nitrogen and oxygen atoms in total. The molecule has 4 rings (SSSR count). The molecule has 0 unspecified atom stereocenters. The minimum Gasteiger partial charge on any atom is -0.439 e.